The van der Waals surface area contributed by atoms with Crippen LogP contribution in [-0.4, -0.2) is 0 Å². The maximum Gasteiger partial charge on any atom is 0.339 e. The van der Waals surface area contributed by atoms with Crippen molar-refractivity contribution in [3.05, 3.63) is 75.1 Å². The van der Waals surface area contributed by atoms with Crippen molar-refractivity contribution in [2.75, 3.05) is 0 Å². The van der Waals surface area contributed by atoms with E-state index in [1.807, 2.05) is 56.3 Å². The minimum atomic E-state index is -0.189. The molecule has 1 aliphatic rings. The van der Waals surface area contributed by atoms with E-state index in [2.05, 4.69) is 0 Å². The summed E-state index contributed by atoms with van der Waals surface area (Å²) in [7, 11) is 0. The maximum atomic E-state index is 12.2. The molecular weight excluding hydrogens is 300 g/mol. The Balaban J connectivity index is 1.77. The number of rotatable bonds is 3. The Hall–Kier alpha value is -2.55. The van der Waals surface area contributed by atoms with Crippen LogP contribution < -0.4 is 10.4 Å². The highest BCUT2D eigenvalue weighted by molar-refractivity contribution is 5.86. The lowest BCUT2D eigenvalue weighted by molar-refractivity contribution is 0.225. The second-order valence-corrected chi connectivity index (χ2v) is 6.44. The van der Waals surface area contributed by atoms with Crippen LogP contribution in [0.25, 0.3) is 11.0 Å². The molecule has 0 fully saturated rings. The largest absolute Gasteiger partial charge is 0.486 e. The van der Waals surface area contributed by atoms with Crippen molar-refractivity contribution >= 4 is 11.0 Å². The quantitative estimate of drug-likeness (QED) is 0.655. The summed E-state index contributed by atoms with van der Waals surface area (Å²) in [6, 6.07) is 14.1. The van der Waals surface area contributed by atoms with Crippen molar-refractivity contribution in [3.8, 4) is 5.75 Å². The molecule has 1 heterocycles. The predicted octanol–water partition coefficient (Wildman–Crippen LogP) is 4.73. The van der Waals surface area contributed by atoms with Crippen molar-refractivity contribution in [1.82, 2.24) is 0 Å². The van der Waals surface area contributed by atoms with Crippen LogP contribution >= 0.6 is 0 Å². The minimum absolute atomic E-state index is 0.0662. The Morgan fingerprint density at radius 2 is 1.79 bits per heavy atom. The molecule has 122 valence electrons. The highest BCUT2D eigenvalue weighted by Crippen LogP contribution is 2.34. The highest BCUT2D eigenvalue weighted by Gasteiger charge is 2.21. The molecule has 0 saturated heterocycles. The van der Waals surface area contributed by atoms with Gasteiger partial charge < -0.3 is 9.15 Å². The van der Waals surface area contributed by atoms with Crippen LogP contribution in [0.15, 0.2) is 51.7 Å². The van der Waals surface area contributed by atoms with Gasteiger partial charge in [-0.3, -0.25) is 0 Å². The molecule has 0 radical (unpaired) electrons. The fourth-order valence-electron chi connectivity index (χ4n) is 3.57. The summed E-state index contributed by atoms with van der Waals surface area (Å²) < 4.78 is 11.8. The Labute approximate surface area is 140 Å². The summed E-state index contributed by atoms with van der Waals surface area (Å²) in [4.78, 5) is 12.2. The van der Waals surface area contributed by atoms with Gasteiger partial charge in [0.25, 0.3) is 0 Å². The molecule has 1 atom stereocenters. The highest BCUT2D eigenvalue weighted by atomic mass is 16.5. The third kappa shape index (κ3) is 2.41. The SMILES string of the molecule is Cc1c(O[C@@H](C)c2ccccc2)ccc2c3c(c(=O)oc12)CCC3. The monoisotopic (exact) mass is 320 g/mol. The first-order valence-electron chi connectivity index (χ1n) is 8.45. The molecule has 0 aliphatic heterocycles. The Morgan fingerprint density at radius 1 is 1.04 bits per heavy atom. The molecule has 0 spiro atoms. The molecule has 3 aromatic rings. The van der Waals surface area contributed by atoms with Crippen LogP contribution in [0.3, 0.4) is 0 Å². The third-order valence-corrected chi connectivity index (χ3v) is 4.91. The number of fused-ring (bicyclic) bond motifs is 3. The van der Waals surface area contributed by atoms with Gasteiger partial charge >= 0.3 is 5.63 Å². The van der Waals surface area contributed by atoms with Crippen molar-refractivity contribution in [2.24, 2.45) is 0 Å². The Morgan fingerprint density at radius 3 is 2.58 bits per heavy atom. The smallest absolute Gasteiger partial charge is 0.339 e. The van der Waals surface area contributed by atoms with Crippen molar-refractivity contribution < 1.29 is 9.15 Å². The van der Waals surface area contributed by atoms with E-state index in [-0.39, 0.29) is 11.7 Å². The second kappa shape index (κ2) is 5.82. The number of ether oxygens (including phenoxy) is 1. The summed E-state index contributed by atoms with van der Waals surface area (Å²) in [5.41, 5.74) is 4.50. The minimum Gasteiger partial charge on any atom is -0.486 e. The van der Waals surface area contributed by atoms with Gasteiger partial charge in [0.1, 0.15) is 17.4 Å². The fourth-order valence-corrected chi connectivity index (χ4v) is 3.57. The molecule has 3 heteroatoms. The Kier molecular flexibility index (Phi) is 3.64. The van der Waals surface area contributed by atoms with Gasteiger partial charge in [-0.05, 0) is 56.4 Å². The summed E-state index contributed by atoms with van der Waals surface area (Å²) in [6.07, 6.45) is 2.75. The molecule has 0 amide bonds. The van der Waals surface area contributed by atoms with Crippen molar-refractivity contribution in [3.63, 3.8) is 0 Å². The van der Waals surface area contributed by atoms with Crippen molar-refractivity contribution in [1.29, 1.82) is 0 Å². The van der Waals surface area contributed by atoms with E-state index in [0.29, 0.717) is 5.58 Å². The van der Waals surface area contributed by atoms with Crippen LogP contribution in [-0.2, 0) is 12.8 Å². The van der Waals surface area contributed by atoms with Crippen LogP contribution in [0, 0.1) is 6.92 Å². The molecule has 3 nitrogen and oxygen atoms in total. The molecular formula is C21H20O3. The van der Waals surface area contributed by atoms with Gasteiger partial charge in [-0.2, -0.15) is 0 Å². The summed E-state index contributed by atoms with van der Waals surface area (Å²) in [5.74, 6) is 0.764. The van der Waals surface area contributed by atoms with Gasteiger partial charge in [-0.25, -0.2) is 4.79 Å². The van der Waals surface area contributed by atoms with E-state index in [1.165, 1.54) is 0 Å². The van der Waals surface area contributed by atoms with Crippen molar-refractivity contribution in [2.45, 2.75) is 39.2 Å². The zero-order valence-corrected chi connectivity index (χ0v) is 14.0. The first-order chi connectivity index (χ1) is 11.6. The molecule has 4 rings (SSSR count). The zero-order chi connectivity index (χ0) is 16.7. The summed E-state index contributed by atoms with van der Waals surface area (Å²) >= 11 is 0. The lowest BCUT2D eigenvalue weighted by Gasteiger charge is -2.18. The Bertz CT molecular complexity index is 954. The number of hydrogen-bond acceptors (Lipinski definition) is 3. The standard InChI is InChI=1S/C21H20O3/c1-13-19(23-14(2)15-7-4-3-5-8-15)12-11-17-16-9-6-10-18(16)21(22)24-20(13)17/h3-5,7-8,11-12,14H,6,9-10H2,1-2H3/t14-/m0/s1. The molecule has 2 aromatic carbocycles. The van der Waals surface area contributed by atoms with E-state index in [0.717, 1.165) is 52.7 Å². The first kappa shape index (κ1) is 15.0. The van der Waals surface area contributed by atoms with E-state index >= 15 is 0 Å². The fraction of sp³-hybridized carbons (Fsp3) is 0.286. The van der Waals surface area contributed by atoms with Crippen LogP contribution in [0.2, 0.25) is 0 Å². The number of hydrogen-bond donors (Lipinski definition) is 0. The second-order valence-electron chi connectivity index (χ2n) is 6.44. The average molecular weight is 320 g/mol. The maximum absolute atomic E-state index is 12.2. The van der Waals surface area contributed by atoms with Crippen LogP contribution in [0.5, 0.6) is 5.75 Å². The van der Waals surface area contributed by atoms with Gasteiger partial charge in [0, 0.05) is 16.5 Å². The third-order valence-electron chi connectivity index (χ3n) is 4.91. The zero-order valence-electron chi connectivity index (χ0n) is 14.0. The molecule has 0 bridgehead atoms. The molecule has 1 aromatic heterocycles. The summed E-state index contributed by atoms with van der Waals surface area (Å²) in [6.45, 7) is 3.98. The first-order valence-corrected chi connectivity index (χ1v) is 8.45. The molecule has 0 saturated carbocycles. The number of aryl methyl sites for hydroxylation is 2. The lowest BCUT2D eigenvalue weighted by atomic mass is 10.0. The van der Waals surface area contributed by atoms with E-state index in [9.17, 15) is 4.79 Å². The normalized spacial score (nSPS) is 14.6. The molecule has 24 heavy (non-hydrogen) atoms. The molecule has 0 unspecified atom stereocenters. The van der Waals surface area contributed by atoms with Gasteiger partial charge in [0.15, 0.2) is 0 Å². The average Bonchev–Trinajstić information content (AvgIpc) is 3.09. The van der Waals surface area contributed by atoms with Gasteiger partial charge in [-0.15, -0.1) is 0 Å². The topological polar surface area (TPSA) is 39.4 Å². The van der Waals surface area contributed by atoms with Crippen LogP contribution in [0.1, 0.15) is 41.7 Å². The van der Waals surface area contributed by atoms with E-state index in [4.69, 9.17) is 9.15 Å². The predicted molar refractivity (Wildman–Crippen MR) is 94.7 cm³/mol. The van der Waals surface area contributed by atoms with E-state index in [1.54, 1.807) is 0 Å². The lowest BCUT2D eigenvalue weighted by Crippen LogP contribution is -2.08. The summed E-state index contributed by atoms with van der Waals surface area (Å²) in [5, 5.41) is 1.05. The van der Waals surface area contributed by atoms with Gasteiger partial charge in [0.2, 0.25) is 0 Å². The molecule has 1 aliphatic carbocycles. The number of benzene rings is 2. The van der Waals surface area contributed by atoms with E-state index < -0.39 is 0 Å². The van der Waals surface area contributed by atoms with Gasteiger partial charge in [-0.1, -0.05) is 30.3 Å². The van der Waals surface area contributed by atoms with Crippen LogP contribution in [0.4, 0.5) is 0 Å². The molecule has 0 N–H and O–H groups in total. The van der Waals surface area contributed by atoms with Gasteiger partial charge in [0.05, 0.1) is 0 Å².